The largest absolute Gasteiger partial charge is 0.480 e. The zero-order valence-corrected chi connectivity index (χ0v) is 9.75. The molecular formula is C9H15N3O2S. The molecular weight excluding hydrogens is 214 g/mol. The van der Waals surface area contributed by atoms with Crippen LogP contribution in [0, 0.1) is 0 Å². The van der Waals surface area contributed by atoms with Gasteiger partial charge in [-0.05, 0) is 6.42 Å². The summed E-state index contributed by atoms with van der Waals surface area (Å²) in [4.78, 5) is 16.7. The summed E-state index contributed by atoms with van der Waals surface area (Å²) in [6.07, 6.45) is 1.68. The van der Waals surface area contributed by atoms with Gasteiger partial charge in [0.05, 0.1) is 0 Å². The summed E-state index contributed by atoms with van der Waals surface area (Å²) in [6, 6.07) is 0. The number of hydrogen-bond acceptors (Lipinski definition) is 5. The maximum atomic E-state index is 10.6. The van der Waals surface area contributed by atoms with Gasteiger partial charge in [0.25, 0.3) is 0 Å². The number of carboxylic acid groups (broad SMARTS) is 1. The van der Waals surface area contributed by atoms with E-state index in [0.717, 1.165) is 18.7 Å². The van der Waals surface area contributed by atoms with Crippen molar-refractivity contribution in [2.24, 2.45) is 0 Å². The van der Waals surface area contributed by atoms with Crippen molar-refractivity contribution < 1.29 is 9.90 Å². The van der Waals surface area contributed by atoms with Crippen molar-refractivity contribution in [2.45, 2.75) is 26.7 Å². The first-order chi connectivity index (χ1) is 7.17. The smallest absolute Gasteiger partial charge is 0.323 e. The van der Waals surface area contributed by atoms with Crippen molar-refractivity contribution in [1.29, 1.82) is 0 Å². The maximum absolute atomic E-state index is 10.6. The lowest BCUT2D eigenvalue weighted by molar-refractivity contribution is -0.135. The number of aryl methyl sites for hydroxylation is 1. The van der Waals surface area contributed by atoms with Gasteiger partial charge in [-0.1, -0.05) is 13.8 Å². The van der Waals surface area contributed by atoms with Gasteiger partial charge < -0.3 is 10.0 Å². The predicted molar refractivity (Wildman–Crippen MR) is 59.4 cm³/mol. The fraction of sp³-hybridized carbons (Fsp3) is 0.667. The van der Waals surface area contributed by atoms with Crippen LogP contribution >= 0.6 is 11.5 Å². The molecule has 0 saturated carbocycles. The average molecular weight is 229 g/mol. The molecule has 1 aromatic rings. The summed E-state index contributed by atoms with van der Waals surface area (Å²) >= 11 is 1.27. The lowest BCUT2D eigenvalue weighted by atomic mass is 10.4. The summed E-state index contributed by atoms with van der Waals surface area (Å²) in [5, 5.41) is 9.46. The normalized spacial score (nSPS) is 10.3. The highest BCUT2D eigenvalue weighted by molar-refractivity contribution is 7.09. The van der Waals surface area contributed by atoms with Gasteiger partial charge in [-0.25, -0.2) is 4.98 Å². The van der Waals surface area contributed by atoms with E-state index >= 15 is 0 Å². The third-order valence-corrected chi connectivity index (χ3v) is 2.68. The van der Waals surface area contributed by atoms with Crippen LogP contribution in [-0.2, 0) is 11.2 Å². The number of nitrogens with zero attached hydrogens (tertiary/aromatic N) is 3. The van der Waals surface area contributed by atoms with Gasteiger partial charge in [0.15, 0.2) is 0 Å². The van der Waals surface area contributed by atoms with Crippen LogP contribution < -0.4 is 4.90 Å². The molecule has 5 nitrogen and oxygen atoms in total. The molecule has 6 heteroatoms. The topological polar surface area (TPSA) is 66.3 Å². The molecule has 0 amide bonds. The molecule has 0 fully saturated rings. The van der Waals surface area contributed by atoms with Crippen molar-refractivity contribution in [3.8, 4) is 0 Å². The van der Waals surface area contributed by atoms with E-state index in [-0.39, 0.29) is 6.54 Å². The zero-order chi connectivity index (χ0) is 11.3. The number of carboxylic acids is 1. The van der Waals surface area contributed by atoms with Crippen molar-refractivity contribution in [1.82, 2.24) is 9.36 Å². The fourth-order valence-corrected chi connectivity index (χ4v) is 1.97. The van der Waals surface area contributed by atoms with Gasteiger partial charge in [-0.15, -0.1) is 0 Å². The van der Waals surface area contributed by atoms with Gasteiger partial charge in [0, 0.05) is 24.5 Å². The van der Waals surface area contributed by atoms with Crippen molar-refractivity contribution >= 4 is 22.6 Å². The summed E-state index contributed by atoms with van der Waals surface area (Å²) < 4.78 is 4.14. The number of rotatable bonds is 6. The van der Waals surface area contributed by atoms with Crippen LogP contribution in [0.5, 0.6) is 0 Å². The quantitative estimate of drug-likeness (QED) is 0.798. The molecule has 0 unspecified atom stereocenters. The number of carbonyl (C=O) groups is 1. The Kier molecular flexibility index (Phi) is 4.48. The molecule has 0 aliphatic rings. The van der Waals surface area contributed by atoms with Crippen LogP contribution in [-0.4, -0.2) is 33.5 Å². The van der Waals surface area contributed by atoms with Crippen molar-refractivity contribution in [2.75, 3.05) is 18.0 Å². The minimum atomic E-state index is -0.836. The molecule has 0 spiro atoms. The molecule has 0 atom stereocenters. The van der Waals surface area contributed by atoms with E-state index in [4.69, 9.17) is 5.11 Å². The lowest BCUT2D eigenvalue weighted by Crippen LogP contribution is -2.30. The van der Waals surface area contributed by atoms with Crippen LogP contribution in [0.1, 0.15) is 26.1 Å². The third-order valence-electron chi connectivity index (χ3n) is 1.86. The van der Waals surface area contributed by atoms with E-state index in [1.165, 1.54) is 11.5 Å². The molecule has 1 aromatic heterocycles. The minimum Gasteiger partial charge on any atom is -0.480 e. The first-order valence-electron chi connectivity index (χ1n) is 4.96. The van der Waals surface area contributed by atoms with E-state index in [2.05, 4.69) is 9.36 Å². The Bertz CT molecular complexity index is 327. The Morgan fingerprint density at radius 2 is 2.27 bits per heavy atom. The Hall–Kier alpha value is -1.17. The van der Waals surface area contributed by atoms with Crippen LogP contribution in [0.15, 0.2) is 0 Å². The number of anilines is 1. The summed E-state index contributed by atoms with van der Waals surface area (Å²) in [5.74, 6) is -0.0572. The molecule has 84 valence electrons. The van der Waals surface area contributed by atoms with E-state index in [1.54, 1.807) is 4.90 Å². The molecule has 1 heterocycles. The van der Waals surface area contributed by atoms with Gasteiger partial charge in [-0.2, -0.15) is 4.37 Å². The second kappa shape index (κ2) is 5.65. The average Bonchev–Trinajstić information content (AvgIpc) is 2.64. The third kappa shape index (κ3) is 3.47. The molecule has 0 radical (unpaired) electrons. The second-order valence-corrected chi connectivity index (χ2v) is 3.89. The monoisotopic (exact) mass is 229 g/mol. The van der Waals surface area contributed by atoms with Crippen LogP contribution in [0.4, 0.5) is 5.13 Å². The Balaban J connectivity index is 2.73. The Morgan fingerprint density at radius 1 is 1.53 bits per heavy atom. The van der Waals surface area contributed by atoms with Crippen LogP contribution in [0.3, 0.4) is 0 Å². The van der Waals surface area contributed by atoms with Gasteiger partial charge in [-0.3, -0.25) is 4.79 Å². The van der Waals surface area contributed by atoms with Gasteiger partial charge in [0.2, 0.25) is 5.13 Å². The fourth-order valence-electron chi connectivity index (χ4n) is 1.19. The van der Waals surface area contributed by atoms with Crippen LogP contribution in [0.2, 0.25) is 0 Å². The number of aliphatic carboxylic acids is 1. The van der Waals surface area contributed by atoms with Crippen LogP contribution in [0.25, 0.3) is 0 Å². The van der Waals surface area contributed by atoms with E-state index in [0.29, 0.717) is 11.7 Å². The molecule has 15 heavy (non-hydrogen) atoms. The molecule has 0 bridgehead atoms. The van der Waals surface area contributed by atoms with Gasteiger partial charge >= 0.3 is 5.97 Å². The summed E-state index contributed by atoms with van der Waals surface area (Å²) in [6.45, 7) is 4.68. The van der Waals surface area contributed by atoms with Crippen molar-refractivity contribution in [3.63, 3.8) is 0 Å². The SMILES string of the molecule is CCCN(CC(=O)O)c1nc(CC)ns1. The first-order valence-corrected chi connectivity index (χ1v) is 5.74. The molecule has 0 aromatic carbocycles. The standard InChI is InChI=1S/C9H15N3O2S/c1-3-5-12(6-8(13)14)9-10-7(4-2)11-15-9/h3-6H2,1-2H3,(H,13,14). The van der Waals surface area contributed by atoms with E-state index < -0.39 is 5.97 Å². The number of aromatic nitrogens is 2. The molecule has 1 rings (SSSR count). The van der Waals surface area contributed by atoms with Crippen molar-refractivity contribution in [3.05, 3.63) is 5.82 Å². The molecule has 0 saturated heterocycles. The lowest BCUT2D eigenvalue weighted by Gasteiger charge is -2.17. The highest BCUT2D eigenvalue weighted by Crippen LogP contribution is 2.17. The molecule has 0 aliphatic heterocycles. The van der Waals surface area contributed by atoms with E-state index in [9.17, 15) is 4.79 Å². The zero-order valence-electron chi connectivity index (χ0n) is 8.93. The Morgan fingerprint density at radius 3 is 2.73 bits per heavy atom. The van der Waals surface area contributed by atoms with E-state index in [1.807, 2.05) is 13.8 Å². The highest BCUT2D eigenvalue weighted by atomic mass is 32.1. The Labute approximate surface area is 92.9 Å². The second-order valence-electron chi connectivity index (χ2n) is 3.16. The molecule has 1 N–H and O–H groups in total. The highest BCUT2D eigenvalue weighted by Gasteiger charge is 2.13. The molecule has 0 aliphatic carbocycles. The first kappa shape index (κ1) is 11.9. The summed E-state index contributed by atoms with van der Waals surface area (Å²) in [7, 11) is 0. The number of hydrogen-bond donors (Lipinski definition) is 1. The van der Waals surface area contributed by atoms with Gasteiger partial charge in [0.1, 0.15) is 12.4 Å². The maximum Gasteiger partial charge on any atom is 0.323 e. The predicted octanol–water partition coefficient (Wildman–Crippen LogP) is 1.40. The summed E-state index contributed by atoms with van der Waals surface area (Å²) in [5.41, 5.74) is 0. The minimum absolute atomic E-state index is 0.00775.